The van der Waals surface area contributed by atoms with Crippen molar-refractivity contribution in [3.05, 3.63) is 97.1 Å². The third-order valence-electron chi connectivity index (χ3n) is 4.42. The van der Waals surface area contributed by atoms with Crippen molar-refractivity contribution >= 4 is 27.8 Å². The molecule has 0 aliphatic heterocycles. The zero-order valence-electron chi connectivity index (χ0n) is 18.6. The molecule has 0 saturated heterocycles. The molecule has 0 spiro atoms. The summed E-state index contributed by atoms with van der Waals surface area (Å²) in [6.45, 7) is 3.54. The van der Waals surface area contributed by atoms with Crippen molar-refractivity contribution in [3.8, 4) is 17.2 Å². The number of sulfonamides is 1. The Labute approximate surface area is 199 Å². The van der Waals surface area contributed by atoms with Crippen LogP contribution in [0, 0.1) is 0 Å². The summed E-state index contributed by atoms with van der Waals surface area (Å²) >= 11 is 0. The van der Waals surface area contributed by atoms with Crippen LogP contribution in [0.4, 0.5) is 5.69 Å². The van der Waals surface area contributed by atoms with E-state index in [1.807, 2.05) is 30.3 Å². The number of amides is 1. The summed E-state index contributed by atoms with van der Waals surface area (Å²) in [7, 11) is -3.72. The second-order valence-electron chi connectivity index (χ2n) is 7.14. The van der Waals surface area contributed by atoms with Crippen LogP contribution in [0.15, 0.2) is 96.6 Å². The van der Waals surface area contributed by atoms with Gasteiger partial charge in [0.1, 0.15) is 30.4 Å². The van der Waals surface area contributed by atoms with Gasteiger partial charge in [-0.15, -0.1) is 0 Å². The number of para-hydroxylation sites is 1. The molecule has 1 amide bonds. The molecule has 0 fully saturated rings. The first-order valence-corrected chi connectivity index (χ1v) is 12.2. The fourth-order valence-corrected chi connectivity index (χ4v) is 3.75. The molecule has 0 unspecified atom stereocenters. The third kappa shape index (κ3) is 7.49. The Morgan fingerprint density at radius 3 is 2.35 bits per heavy atom. The van der Waals surface area contributed by atoms with Crippen LogP contribution in [0.3, 0.4) is 0 Å². The van der Waals surface area contributed by atoms with Crippen molar-refractivity contribution in [3.63, 3.8) is 0 Å². The average molecular weight is 480 g/mol. The molecule has 34 heavy (non-hydrogen) atoms. The van der Waals surface area contributed by atoms with Crippen molar-refractivity contribution in [1.82, 2.24) is 5.43 Å². The van der Waals surface area contributed by atoms with Gasteiger partial charge in [-0.05, 0) is 54.1 Å². The molecule has 0 bridgehead atoms. The second kappa shape index (κ2) is 11.7. The molecule has 0 aliphatic carbocycles. The Kier molecular flexibility index (Phi) is 8.42. The van der Waals surface area contributed by atoms with Crippen LogP contribution >= 0.6 is 0 Å². The van der Waals surface area contributed by atoms with Crippen LogP contribution in [0.5, 0.6) is 17.2 Å². The molecule has 9 heteroatoms. The van der Waals surface area contributed by atoms with Crippen molar-refractivity contribution < 1.29 is 22.7 Å². The average Bonchev–Trinajstić information content (AvgIpc) is 2.82. The van der Waals surface area contributed by atoms with Crippen LogP contribution in [0.25, 0.3) is 0 Å². The third-order valence-corrected chi connectivity index (χ3v) is 5.56. The largest absolute Gasteiger partial charge is 0.490 e. The molecule has 8 nitrogen and oxygen atoms in total. The van der Waals surface area contributed by atoms with E-state index in [1.54, 1.807) is 54.6 Å². The molecule has 0 saturated carbocycles. The van der Waals surface area contributed by atoms with Gasteiger partial charge in [0.15, 0.2) is 0 Å². The molecule has 0 atom stereocenters. The van der Waals surface area contributed by atoms with Crippen LogP contribution in [0.1, 0.15) is 5.56 Å². The minimum atomic E-state index is -3.72. The van der Waals surface area contributed by atoms with Gasteiger partial charge in [-0.3, -0.25) is 9.10 Å². The summed E-state index contributed by atoms with van der Waals surface area (Å²) in [5, 5.41) is 3.91. The van der Waals surface area contributed by atoms with Gasteiger partial charge in [0.2, 0.25) is 10.0 Å². The number of hydrogen-bond acceptors (Lipinski definition) is 6. The van der Waals surface area contributed by atoms with Gasteiger partial charge in [-0.1, -0.05) is 43.0 Å². The number of hydrogen-bond donors (Lipinski definition) is 1. The lowest BCUT2D eigenvalue weighted by molar-refractivity contribution is -0.119. The van der Waals surface area contributed by atoms with Gasteiger partial charge < -0.3 is 9.47 Å². The van der Waals surface area contributed by atoms with E-state index in [0.29, 0.717) is 35.1 Å². The Bertz CT molecular complexity index is 1240. The fraction of sp³-hybridized carbons (Fsp3) is 0.120. The summed E-state index contributed by atoms with van der Waals surface area (Å²) in [5.41, 5.74) is 3.39. The first-order chi connectivity index (χ1) is 16.3. The maximum Gasteiger partial charge on any atom is 0.260 e. The standard InChI is InChI=1S/C25H25N3O5S/c1-3-16-32-24-11-7-8-20(17-24)18-26-27-25(29)19-28(34(2,30)31)21-12-14-23(15-13-21)33-22-9-5-4-6-10-22/h3-15,17-18H,1,16,19H2,2H3,(H,27,29)/b26-18-. The van der Waals surface area contributed by atoms with E-state index in [-0.39, 0.29) is 0 Å². The van der Waals surface area contributed by atoms with Crippen molar-refractivity contribution in [1.29, 1.82) is 0 Å². The molecule has 0 aliphatic rings. The number of nitrogens with one attached hydrogen (secondary N) is 1. The smallest absolute Gasteiger partial charge is 0.260 e. The number of rotatable bonds is 11. The molecule has 0 heterocycles. The number of carbonyl (C=O) groups is 1. The first-order valence-electron chi connectivity index (χ1n) is 10.3. The van der Waals surface area contributed by atoms with Crippen LogP contribution in [-0.2, 0) is 14.8 Å². The predicted molar refractivity (Wildman–Crippen MR) is 133 cm³/mol. The summed E-state index contributed by atoms with van der Waals surface area (Å²) in [6, 6.07) is 22.7. The van der Waals surface area contributed by atoms with Crippen molar-refractivity contribution in [2.45, 2.75) is 0 Å². The molecule has 0 aromatic heterocycles. The molecule has 3 aromatic carbocycles. The lowest BCUT2D eigenvalue weighted by Crippen LogP contribution is -2.38. The zero-order valence-corrected chi connectivity index (χ0v) is 19.4. The van der Waals surface area contributed by atoms with Crippen LogP contribution in [-0.4, -0.2) is 39.9 Å². The van der Waals surface area contributed by atoms with Gasteiger partial charge in [-0.2, -0.15) is 5.10 Å². The number of anilines is 1. The zero-order chi connectivity index (χ0) is 24.4. The number of benzene rings is 3. The second-order valence-corrected chi connectivity index (χ2v) is 9.05. The summed E-state index contributed by atoms with van der Waals surface area (Å²) in [5.74, 6) is 1.24. The number of carbonyl (C=O) groups excluding carboxylic acids is 1. The summed E-state index contributed by atoms with van der Waals surface area (Å²) in [6.07, 6.45) is 4.12. The summed E-state index contributed by atoms with van der Waals surface area (Å²) < 4.78 is 36.8. The van der Waals surface area contributed by atoms with Gasteiger partial charge in [-0.25, -0.2) is 13.8 Å². The number of ether oxygens (including phenoxy) is 2. The highest BCUT2D eigenvalue weighted by molar-refractivity contribution is 7.92. The normalized spacial score (nSPS) is 11.1. The predicted octanol–water partition coefficient (Wildman–Crippen LogP) is 3.96. The highest BCUT2D eigenvalue weighted by Gasteiger charge is 2.20. The van der Waals surface area contributed by atoms with Gasteiger partial charge in [0.25, 0.3) is 5.91 Å². The maximum absolute atomic E-state index is 12.4. The van der Waals surface area contributed by atoms with E-state index >= 15 is 0 Å². The molecule has 3 aromatic rings. The fourth-order valence-electron chi connectivity index (χ4n) is 2.89. The highest BCUT2D eigenvalue weighted by Crippen LogP contribution is 2.25. The van der Waals surface area contributed by atoms with E-state index < -0.39 is 22.5 Å². The maximum atomic E-state index is 12.4. The number of nitrogens with zero attached hydrogens (tertiary/aromatic N) is 2. The summed E-state index contributed by atoms with van der Waals surface area (Å²) in [4.78, 5) is 12.4. The monoisotopic (exact) mass is 479 g/mol. The Hall–Kier alpha value is -4.11. The highest BCUT2D eigenvalue weighted by atomic mass is 32.2. The quantitative estimate of drug-likeness (QED) is 0.255. The van der Waals surface area contributed by atoms with Crippen molar-refractivity contribution in [2.75, 3.05) is 23.7 Å². The minimum absolute atomic E-state index is 0.328. The Morgan fingerprint density at radius 2 is 1.68 bits per heavy atom. The van der Waals surface area contributed by atoms with E-state index in [1.165, 1.54) is 6.21 Å². The van der Waals surface area contributed by atoms with E-state index in [4.69, 9.17) is 9.47 Å². The molecular weight excluding hydrogens is 454 g/mol. The number of hydrazone groups is 1. The first kappa shape index (κ1) is 24.5. The van der Waals surface area contributed by atoms with Crippen LogP contribution in [0.2, 0.25) is 0 Å². The minimum Gasteiger partial charge on any atom is -0.490 e. The van der Waals surface area contributed by atoms with E-state index in [0.717, 1.165) is 10.6 Å². The van der Waals surface area contributed by atoms with E-state index in [2.05, 4.69) is 17.1 Å². The van der Waals surface area contributed by atoms with E-state index in [9.17, 15) is 13.2 Å². The lowest BCUT2D eigenvalue weighted by Gasteiger charge is -2.21. The van der Waals surface area contributed by atoms with Crippen LogP contribution < -0.4 is 19.2 Å². The molecule has 0 radical (unpaired) electrons. The SMILES string of the molecule is C=CCOc1cccc(/C=N\NC(=O)CN(c2ccc(Oc3ccccc3)cc2)S(C)(=O)=O)c1. The van der Waals surface area contributed by atoms with Gasteiger partial charge >= 0.3 is 0 Å². The molecule has 3 rings (SSSR count). The lowest BCUT2D eigenvalue weighted by atomic mass is 10.2. The Balaban J connectivity index is 1.63. The molecular formula is C25H25N3O5S. The van der Waals surface area contributed by atoms with Gasteiger partial charge in [0, 0.05) is 0 Å². The molecule has 176 valence electrons. The van der Waals surface area contributed by atoms with Gasteiger partial charge in [0.05, 0.1) is 18.2 Å². The topological polar surface area (TPSA) is 97.3 Å². The van der Waals surface area contributed by atoms with Crippen molar-refractivity contribution in [2.24, 2.45) is 5.10 Å². The Morgan fingerprint density at radius 1 is 1.00 bits per heavy atom. The molecule has 1 N–H and O–H groups in total.